The van der Waals surface area contributed by atoms with Crippen molar-refractivity contribution >= 4 is 11.8 Å². The smallest absolute Gasteiger partial charge is 0.339 e. The van der Waals surface area contributed by atoms with Gasteiger partial charge in [-0.15, -0.1) is 0 Å². The molecule has 22 heavy (non-hydrogen) atoms. The Kier molecular flexibility index (Phi) is 4.59. The highest BCUT2D eigenvalue weighted by atomic mass is 16.5. The first kappa shape index (κ1) is 15.2. The van der Waals surface area contributed by atoms with E-state index < -0.39 is 0 Å². The molecule has 6 heteroatoms. The first-order valence-electron chi connectivity index (χ1n) is 7.73. The number of aryl methyl sites for hydroxylation is 1. The van der Waals surface area contributed by atoms with Crippen molar-refractivity contribution in [2.45, 2.75) is 32.0 Å². The number of aromatic nitrogens is 1. The van der Waals surface area contributed by atoms with Gasteiger partial charge in [0.2, 0.25) is 0 Å². The molecule has 3 heterocycles. The molecule has 6 nitrogen and oxygen atoms in total. The summed E-state index contributed by atoms with van der Waals surface area (Å²) in [5.74, 6) is 0.521. The van der Waals surface area contributed by atoms with Crippen molar-refractivity contribution in [3.8, 4) is 0 Å². The maximum Gasteiger partial charge on any atom is 0.339 e. The summed E-state index contributed by atoms with van der Waals surface area (Å²) in [5, 5.41) is 0. The van der Waals surface area contributed by atoms with Crippen molar-refractivity contribution in [2.24, 2.45) is 0 Å². The van der Waals surface area contributed by atoms with E-state index in [0.717, 1.165) is 38.4 Å². The van der Waals surface area contributed by atoms with Crippen LogP contribution in [0.5, 0.6) is 0 Å². The fourth-order valence-electron chi connectivity index (χ4n) is 3.05. The molecule has 2 aliphatic rings. The third kappa shape index (κ3) is 3.08. The molecule has 2 aliphatic heterocycles. The van der Waals surface area contributed by atoms with Crippen LogP contribution < -0.4 is 4.90 Å². The quantitative estimate of drug-likeness (QED) is 0.790. The number of ether oxygens (including phenoxy) is 3. The number of esters is 1. The highest BCUT2D eigenvalue weighted by Crippen LogP contribution is 2.24. The lowest BCUT2D eigenvalue weighted by atomic mass is 10.1. The Morgan fingerprint density at radius 1 is 1.32 bits per heavy atom. The summed E-state index contributed by atoms with van der Waals surface area (Å²) in [5.41, 5.74) is 1.19. The van der Waals surface area contributed by atoms with Gasteiger partial charge in [0.05, 0.1) is 31.1 Å². The zero-order chi connectivity index (χ0) is 15.5. The average Bonchev–Trinajstić information content (AvgIpc) is 3.09. The van der Waals surface area contributed by atoms with E-state index >= 15 is 0 Å². The lowest BCUT2D eigenvalue weighted by Gasteiger charge is -2.36. The molecular weight excluding hydrogens is 284 g/mol. The van der Waals surface area contributed by atoms with E-state index in [1.165, 1.54) is 7.11 Å². The highest BCUT2D eigenvalue weighted by Gasteiger charge is 2.31. The number of carbonyl (C=O) groups excluding carboxylic acids is 1. The number of carbonyl (C=O) groups is 1. The van der Waals surface area contributed by atoms with Crippen LogP contribution in [0.1, 0.15) is 28.9 Å². The average molecular weight is 306 g/mol. The monoisotopic (exact) mass is 306 g/mol. The third-order valence-corrected chi connectivity index (χ3v) is 4.27. The number of nitrogens with zero attached hydrogens (tertiary/aromatic N) is 2. The van der Waals surface area contributed by atoms with Crippen molar-refractivity contribution in [1.82, 2.24) is 4.98 Å². The zero-order valence-corrected chi connectivity index (χ0v) is 13.1. The Labute approximate surface area is 130 Å². The van der Waals surface area contributed by atoms with Gasteiger partial charge in [-0.3, -0.25) is 0 Å². The van der Waals surface area contributed by atoms with Crippen LogP contribution in [0.15, 0.2) is 12.1 Å². The number of methoxy groups -OCH3 is 1. The summed E-state index contributed by atoms with van der Waals surface area (Å²) in [7, 11) is 1.38. The molecule has 0 spiro atoms. The minimum absolute atomic E-state index is 0.0960. The summed E-state index contributed by atoms with van der Waals surface area (Å²) in [6.07, 6.45) is 2.46. The van der Waals surface area contributed by atoms with Crippen LogP contribution in [0.25, 0.3) is 0 Å². The molecule has 2 unspecified atom stereocenters. The lowest BCUT2D eigenvalue weighted by molar-refractivity contribution is -0.0544. The van der Waals surface area contributed by atoms with Crippen molar-refractivity contribution in [2.75, 3.05) is 38.3 Å². The minimum atomic E-state index is -0.351. The maximum absolute atomic E-state index is 11.6. The second-order valence-corrected chi connectivity index (χ2v) is 5.70. The normalized spacial score (nSPS) is 25.3. The Morgan fingerprint density at radius 2 is 2.14 bits per heavy atom. The standard InChI is InChI=1S/C16H22N2O4/c1-11-12(16(19)20-2)5-6-15(17-11)18-7-9-22-14(10-18)13-4-3-8-21-13/h5-6,13-14H,3-4,7-10H2,1-2H3. The first-order valence-corrected chi connectivity index (χ1v) is 7.73. The van der Waals surface area contributed by atoms with Gasteiger partial charge in [-0.1, -0.05) is 0 Å². The van der Waals surface area contributed by atoms with Crippen LogP contribution in [0, 0.1) is 6.92 Å². The van der Waals surface area contributed by atoms with Gasteiger partial charge >= 0.3 is 5.97 Å². The second kappa shape index (κ2) is 6.62. The van der Waals surface area contributed by atoms with E-state index in [0.29, 0.717) is 17.9 Å². The fourth-order valence-corrected chi connectivity index (χ4v) is 3.05. The van der Waals surface area contributed by atoms with E-state index in [-0.39, 0.29) is 18.2 Å². The van der Waals surface area contributed by atoms with Gasteiger partial charge in [0, 0.05) is 19.7 Å². The Bertz CT molecular complexity index is 543. The van der Waals surface area contributed by atoms with Crippen molar-refractivity contribution in [3.63, 3.8) is 0 Å². The molecule has 0 saturated carbocycles. The van der Waals surface area contributed by atoms with E-state index in [1.54, 1.807) is 6.07 Å². The van der Waals surface area contributed by atoms with Gasteiger partial charge in [-0.2, -0.15) is 0 Å². The van der Waals surface area contributed by atoms with Gasteiger partial charge in [0.15, 0.2) is 0 Å². The van der Waals surface area contributed by atoms with Crippen LogP contribution in [-0.4, -0.2) is 56.6 Å². The van der Waals surface area contributed by atoms with Gasteiger partial charge in [-0.25, -0.2) is 9.78 Å². The zero-order valence-electron chi connectivity index (χ0n) is 13.1. The molecule has 0 amide bonds. The third-order valence-electron chi connectivity index (χ3n) is 4.27. The van der Waals surface area contributed by atoms with Crippen LogP contribution in [0.4, 0.5) is 5.82 Å². The number of hydrogen-bond donors (Lipinski definition) is 0. The van der Waals surface area contributed by atoms with Crippen LogP contribution in [0.2, 0.25) is 0 Å². The molecule has 2 atom stereocenters. The minimum Gasteiger partial charge on any atom is -0.465 e. The van der Waals surface area contributed by atoms with E-state index in [1.807, 2.05) is 13.0 Å². The molecule has 120 valence electrons. The molecule has 0 N–H and O–H groups in total. The molecular formula is C16H22N2O4. The Hall–Kier alpha value is -1.66. The summed E-state index contributed by atoms with van der Waals surface area (Å²) in [6.45, 7) is 4.90. The number of pyridine rings is 1. The predicted molar refractivity (Wildman–Crippen MR) is 81.2 cm³/mol. The number of anilines is 1. The molecule has 1 aromatic rings. The summed E-state index contributed by atoms with van der Waals surface area (Å²) < 4.78 is 16.3. The van der Waals surface area contributed by atoms with Gasteiger partial charge in [0.1, 0.15) is 11.9 Å². The number of rotatable bonds is 3. The molecule has 3 rings (SSSR count). The van der Waals surface area contributed by atoms with Gasteiger partial charge < -0.3 is 19.1 Å². The maximum atomic E-state index is 11.6. The Morgan fingerprint density at radius 3 is 2.82 bits per heavy atom. The van der Waals surface area contributed by atoms with E-state index in [2.05, 4.69) is 9.88 Å². The molecule has 1 aromatic heterocycles. The molecule has 2 fully saturated rings. The lowest BCUT2D eigenvalue weighted by Crippen LogP contribution is -2.48. The van der Waals surface area contributed by atoms with Gasteiger partial charge in [-0.05, 0) is 31.9 Å². The molecule has 0 aliphatic carbocycles. The molecule has 0 aromatic carbocycles. The molecule has 0 bridgehead atoms. The second-order valence-electron chi connectivity index (χ2n) is 5.70. The van der Waals surface area contributed by atoms with Crippen LogP contribution in [0.3, 0.4) is 0 Å². The van der Waals surface area contributed by atoms with Crippen molar-refractivity contribution < 1.29 is 19.0 Å². The van der Waals surface area contributed by atoms with Gasteiger partial charge in [0.25, 0.3) is 0 Å². The topological polar surface area (TPSA) is 60.9 Å². The largest absolute Gasteiger partial charge is 0.465 e. The fraction of sp³-hybridized carbons (Fsp3) is 0.625. The van der Waals surface area contributed by atoms with Crippen LogP contribution >= 0.6 is 0 Å². The van der Waals surface area contributed by atoms with E-state index in [4.69, 9.17) is 14.2 Å². The van der Waals surface area contributed by atoms with E-state index in [9.17, 15) is 4.79 Å². The molecule has 0 radical (unpaired) electrons. The Balaban J connectivity index is 1.73. The number of hydrogen-bond acceptors (Lipinski definition) is 6. The first-order chi connectivity index (χ1) is 10.7. The van der Waals surface area contributed by atoms with Crippen molar-refractivity contribution in [1.29, 1.82) is 0 Å². The highest BCUT2D eigenvalue weighted by molar-refractivity contribution is 5.90. The summed E-state index contributed by atoms with van der Waals surface area (Å²) in [4.78, 5) is 18.4. The van der Waals surface area contributed by atoms with Crippen LogP contribution in [-0.2, 0) is 14.2 Å². The summed E-state index contributed by atoms with van der Waals surface area (Å²) in [6, 6.07) is 3.65. The molecule has 2 saturated heterocycles. The summed E-state index contributed by atoms with van der Waals surface area (Å²) >= 11 is 0. The van der Waals surface area contributed by atoms with Crippen molar-refractivity contribution in [3.05, 3.63) is 23.4 Å². The SMILES string of the molecule is COC(=O)c1ccc(N2CCOC(C3CCCO3)C2)nc1C. The predicted octanol–water partition coefficient (Wildman–Crippen LogP) is 1.56. The number of morpholine rings is 1.